The highest BCUT2D eigenvalue weighted by Gasteiger charge is 2.21. The Kier molecular flexibility index (Phi) is 7.52. The zero-order valence-corrected chi connectivity index (χ0v) is 17.7. The van der Waals surface area contributed by atoms with E-state index in [0.717, 1.165) is 30.5 Å². The third-order valence-corrected chi connectivity index (χ3v) is 4.80. The second-order valence-corrected chi connectivity index (χ2v) is 7.47. The van der Waals surface area contributed by atoms with E-state index in [0.29, 0.717) is 17.9 Å². The van der Waals surface area contributed by atoms with Crippen molar-refractivity contribution in [3.63, 3.8) is 0 Å². The quantitative estimate of drug-likeness (QED) is 0.465. The standard InChI is InChI=1S/C21H17F4N3O3S/c1-11(10-32-2)27-19(29)14-9-26-21(31-18-6-4-13(23)8-16(18)25)28-20(14)30-17-5-3-12(22)7-15(17)24/h3-9,11H,10H2,1-2H3,(H,27,29). The van der Waals surface area contributed by atoms with E-state index in [2.05, 4.69) is 15.3 Å². The molecule has 2 aromatic carbocycles. The molecule has 0 aliphatic carbocycles. The Bertz CT molecular complexity index is 1130. The van der Waals surface area contributed by atoms with E-state index in [1.54, 1.807) is 6.92 Å². The highest BCUT2D eigenvalue weighted by molar-refractivity contribution is 7.98. The van der Waals surface area contributed by atoms with E-state index in [4.69, 9.17) is 9.47 Å². The van der Waals surface area contributed by atoms with Crippen molar-refractivity contribution in [3.05, 3.63) is 71.4 Å². The number of hydrogen-bond acceptors (Lipinski definition) is 6. The lowest BCUT2D eigenvalue weighted by atomic mass is 10.2. The SMILES string of the molecule is CSCC(C)NC(=O)c1cnc(Oc2ccc(F)cc2F)nc1Oc1ccc(F)cc1F. The van der Waals surface area contributed by atoms with Crippen LogP contribution in [0.3, 0.4) is 0 Å². The number of carbonyl (C=O) groups excluding carboxylic acids is 1. The smallest absolute Gasteiger partial charge is 0.325 e. The van der Waals surface area contributed by atoms with Gasteiger partial charge < -0.3 is 14.8 Å². The minimum absolute atomic E-state index is 0.159. The van der Waals surface area contributed by atoms with Crippen LogP contribution in [0.2, 0.25) is 0 Å². The third-order valence-electron chi connectivity index (χ3n) is 3.97. The minimum Gasteiger partial charge on any atom is -0.435 e. The molecular formula is C21H17F4N3O3S. The van der Waals surface area contributed by atoms with Crippen molar-refractivity contribution in [2.24, 2.45) is 0 Å². The monoisotopic (exact) mass is 467 g/mol. The molecule has 1 atom stereocenters. The molecule has 0 saturated carbocycles. The van der Waals surface area contributed by atoms with Gasteiger partial charge in [-0.3, -0.25) is 4.79 Å². The van der Waals surface area contributed by atoms with Crippen LogP contribution in [0.25, 0.3) is 0 Å². The second-order valence-electron chi connectivity index (χ2n) is 6.55. The second kappa shape index (κ2) is 10.3. The van der Waals surface area contributed by atoms with Gasteiger partial charge in [0.25, 0.3) is 5.91 Å². The van der Waals surface area contributed by atoms with Gasteiger partial charge in [0, 0.05) is 23.9 Å². The molecule has 32 heavy (non-hydrogen) atoms. The molecule has 11 heteroatoms. The summed E-state index contributed by atoms with van der Waals surface area (Å²) in [7, 11) is 0. The van der Waals surface area contributed by atoms with Crippen molar-refractivity contribution in [3.8, 4) is 23.4 Å². The maximum atomic E-state index is 14.1. The number of ether oxygens (including phenoxy) is 2. The minimum atomic E-state index is -1.03. The van der Waals surface area contributed by atoms with Gasteiger partial charge in [0.1, 0.15) is 17.2 Å². The Morgan fingerprint density at radius 3 is 2.19 bits per heavy atom. The van der Waals surface area contributed by atoms with Crippen LogP contribution >= 0.6 is 11.8 Å². The van der Waals surface area contributed by atoms with Crippen LogP contribution in [0, 0.1) is 23.3 Å². The zero-order valence-electron chi connectivity index (χ0n) is 16.9. The fourth-order valence-electron chi connectivity index (χ4n) is 2.55. The van der Waals surface area contributed by atoms with Gasteiger partial charge in [-0.05, 0) is 37.4 Å². The van der Waals surface area contributed by atoms with Crippen molar-refractivity contribution in [1.82, 2.24) is 15.3 Å². The number of halogens is 4. The molecule has 0 radical (unpaired) electrons. The first-order valence-electron chi connectivity index (χ1n) is 9.19. The van der Waals surface area contributed by atoms with E-state index in [1.165, 1.54) is 11.8 Å². The summed E-state index contributed by atoms with van der Waals surface area (Å²) in [4.78, 5) is 20.4. The van der Waals surface area contributed by atoms with Crippen LogP contribution in [-0.2, 0) is 0 Å². The van der Waals surface area contributed by atoms with Crippen molar-refractivity contribution in [2.45, 2.75) is 13.0 Å². The van der Waals surface area contributed by atoms with Crippen molar-refractivity contribution < 1.29 is 31.8 Å². The number of nitrogens with zero attached hydrogens (tertiary/aromatic N) is 2. The largest absolute Gasteiger partial charge is 0.435 e. The van der Waals surface area contributed by atoms with Gasteiger partial charge in [0.05, 0.1) is 6.20 Å². The first kappa shape index (κ1) is 23.3. The van der Waals surface area contributed by atoms with E-state index in [9.17, 15) is 22.4 Å². The molecule has 0 saturated heterocycles. The van der Waals surface area contributed by atoms with Crippen LogP contribution in [0.15, 0.2) is 42.6 Å². The van der Waals surface area contributed by atoms with E-state index in [-0.39, 0.29) is 17.4 Å². The van der Waals surface area contributed by atoms with Crippen LogP contribution in [0.5, 0.6) is 23.4 Å². The number of amides is 1. The molecule has 1 heterocycles. The molecule has 0 aliphatic rings. The van der Waals surface area contributed by atoms with Gasteiger partial charge in [-0.1, -0.05) is 0 Å². The summed E-state index contributed by atoms with van der Waals surface area (Å²) in [6.07, 6.45) is 2.93. The summed E-state index contributed by atoms with van der Waals surface area (Å²) in [5, 5.41) is 2.72. The molecule has 0 bridgehead atoms. The normalized spacial score (nSPS) is 11.7. The van der Waals surface area contributed by atoms with Gasteiger partial charge >= 0.3 is 6.01 Å². The predicted octanol–water partition coefficient (Wildman–Crippen LogP) is 5.10. The average Bonchev–Trinajstić information content (AvgIpc) is 2.72. The summed E-state index contributed by atoms with van der Waals surface area (Å²) in [5.41, 5.74) is -0.159. The van der Waals surface area contributed by atoms with Crippen LogP contribution in [0.4, 0.5) is 17.6 Å². The summed E-state index contributed by atoms with van der Waals surface area (Å²) in [6.45, 7) is 1.78. The Balaban J connectivity index is 1.95. The lowest BCUT2D eigenvalue weighted by Crippen LogP contribution is -2.34. The lowest BCUT2D eigenvalue weighted by Gasteiger charge is -2.15. The van der Waals surface area contributed by atoms with Gasteiger partial charge in [0.15, 0.2) is 23.1 Å². The first-order chi connectivity index (χ1) is 15.3. The Morgan fingerprint density at radius 1 is 1.03 bits per heavy atom. The predicted molar refractivity (Wildman–Crippen MR) is 110 cm³/mol. The number of rotatable bonds is 8. The molecule has 0 fully saturated rings. The Labute approximate surface area is 185 Å². The molecule has 3 aromatic rings. The Hall–Kier alpha value is -3.34. The lowest BCUT2D eigenvalue weighted by molar-refractivity contribution is 0.0940. The molecule has 0 spiro atoms. The highest BCUT2D eigenvalue weighted by atomic mass is 32.2. The molecule has 1 amide bonds. The number of aromatic nitrogens is 2. The summed E-state index contributed by atoms with van der Waals surface area (Å²) in [6, 6.07) is 4.53. The van der Waals surface area contributed by atoms with Crippen LogP contribution < -0.4 is 14.8 Å². The fraction of sp³-hybridized carbons (Fsp3) is 0.190. The van der Waals surface area contributed by atoms with Gasteiger partial charge in [0.2, 0.25) is 5.88 Å². The molecular weight excluding hydrogens is 450 g/mol. The summed E-state index contributed by atoms with van der Waals surface area (Å²) in [5.74, 6) is -4.84. The van der Waals surface area contributed by atoms with Crippen molar-refractivity contribution >= 4 is 17.7 Å². The third kappa shape index (κ3) is 5.88. The maximum Gasteiger partial charge on any atom is 0.325 e. The molecule has 1 aromatic heterocycles. The van der Waals surface area contributed by atoms with E-state index in [1.807, 2.05) is 6.26 Å². The Morgan fingerprint density at radius 2 is 1.62 bits per heavy atom. The number of benzene rings is 2. The molecule has 168 valence electrons. The molecule has 6 nitrogen and oxygen atoms in total. The summed E-state index contributed by atoms with van der Waals surface area (Å²) >= 11 is 1.52. The summed E-state index contributed by atoms with van der Waals surface area (Å²) < 4.78 is 64.9. The van der Waals surface area contributed by atoms with Gasteiger partial charge in [-0.2, -0.15) is 16.7 Å². The van der Waals surface area contributed by atoms with E-state index >= 15 is 0 Å². The maximum absolute atomic E-state index is 14.1. The first-order valence-corrected chi connectivity index (χ1v) is 10.6. The van der Waals surface area contributed by atoms with Crippen molar-refractivity contribution in [1.29, 1.82) is 0 Å². The highest BCUT2D eigenvalue weighted by Crippen LogP contribution is 2.29. The van der Waals surface area contributed by atoms with Gasteiger partial charge in [-0.25, -0.2) is 22.5 Å². The van der Waals surface area contributed by atoms with Gasteiger partial charge in [-0.15, -0.1) is 0 Å². The van der Waals surface area contributed by atoms with E-state index < -0.39 is 46.8 Å². The topological polar surface area (TPSA) is 73.3 Å². The number of hydrogen-bond donors (Lipinski definition) is 1. The molecule has 1 N–H and O–H groups in total. The zero-order chi connectivity index (χ0) is 23.3. The molecule has 3 rings (SSSR count). The number of carbonyl (C=O) groups is 1. The number of thioether (sulfide) groups is 1. The number of nitrogens with one attached hydrogen (secondary N) is 1. The fourth-order valence-corrected chi connectivity index (χ4v) is 3.13. The van der Waals surface area contributed by atoms with Crippen LogP contribution in [0.1, 0.15) is 17.3 Å². The average molecular weight is 467 g/mol. The molecule has 0 aliphatic heterocycles. The van der Waals surface area contributed by atoms with Crippen molar-refractivity contribution in [2.75, 3.05) is 12.0 Å². The van der Waals surface area contributed by atoms with Crippen LogP contribution in [-0.4, -0.2) is 33.9 Å². The molecule has 1 unspecified atom stereocenters.